The van der Waals surface area contributed by atoms with Crippen LogP contribution in [0.25, 0.3) is 6.08 Å². The van der Waals surface area contributed by atoms with E-state index in [9.17, 15) is 0 Å². The third kappa shape index (κ3) is 3.09. The zero-order valence-corrected chi connectivity index (χ0v) is 9.28. The first-order valence-electron chi connectivity index (χ1n) is 4.70. The summed E-state index contributed by atoms with van der Waals surface area (Å²) in [6.07, 6.45) is 5.35. The highest BCUT2D eigenvalue weighted by atomic mass is 14.9. The van der Waals surface area contributed by atoms with Crippen LogP contribution in [0.15, 0.2) is 17.4 Å². The standard InChI is InChI=1S/C9H11N3.C2H6/c1-4-5-8-7(2)11-6-12-9(8)10-3;1-2/h4-6H,3H2,1-2H3;1-2H3/b5-4-;. The Labute approximate surface area is 85.6 Å². The smallest absolute Gasteiger partial charge is 0.162 e. The summed E-state index contributed by atoms with van der Waals surface area (Å²) >= 11 is 0. The molecular weight excluding hydrogens is 174 g/mol. The quantitative estimate of drug-likeness (QED) is 0.673. The Morgan fingerprint density at radius 1 is 1.36 bits per heavy atom. The largest absolute Gasteiger partial charge is 0.244 e. The number of hydrogen-bond donors (Lipinski definition) is 0. The number of aryl methyl sites for hydroxylation is 1. The van der Waals surface area contributed by atoms with Crippen molar-refractivity contribution < 1.29 is 0 Å². The lowest BCUT2D eigenvalue weighted by atomic mass is 10.2. The topological polar surface area (TPSA) is 38.1 Å². The van der Waals surface area contributed by atoms with Crippen molar-refractivity contribution in [1.29, 1.82) is 0 Å². The van der Waals surface area contributed by atoms with Crippen molar-refractivity contribution in [2.45, 2.75) is 27.7 Å². The van der Waals surface area contributed by atoms with E-state index >= 15 is 0 Å². The van der Waals surface area contributed by atoms with E-state index in [0.29, 0.717) is 5.82 Å². The van der Waals surface area contributed by atoms with Gasteiger partial charge in [-0.3, -0.25) is 0 Å². The Bertz CT molecular complexity index is 316. The van der Waals surface area contributed by atoms with Crippen LogP contribution in [0.5, 0.6) is 0 Å². The summed E-state index contributed by atoms with van der Waals surface area (Å²) in [7, 11) is 0. The van der Waals surface area contributed by atoms with Gasteiger partial charge >= 0.3 is 0 Å². The lowest BCUT2D eigenvalue weighted by Crippen LogP contribution is -1.89. The molecule has 14 heavy (non-hydrogen) atoms. The van der Waals surface area contributed by atoms with Gasteiger partial charge in [-0.15, -0.1) is 0 Å². The molecule has 3 heteroatoms. The first kappa shape index (κ1) is 12.5. The number of rotatable bonds is 2. The van der Waals surface area contributed by atoms with E-state index in [2.05, 4.69) is 21.7 Å². The summed E-state index contributed by atoms with van der Waals surface area (Å²) in [6.45, 7) is 11.3. The lowest BCUT2D eigenvalue weighted by molar-refractivity contribution is 1.08. The predicted octanol–water partition coefficient (Wildman–Crippen LogP) is 3.18. The van der Waals surface area contributed by atoms with Crippen LogP contribution in [0.2, 0.25) is 0 Å². The van der Waals surface area contributed by atoms with Gasteiger partial charge < -0.3 is 0 Å². The van der Waals surface area contributed by atoms with E-state index in [1.54, 1.807) is 0 Å². The van der Waals surface area contributed by atoms with Crippen molar-refractivity contribution in [2.75, 3.05) is 0 Å². The summed E-state index contributed by atoms with van der Waals surface area (Å²) < 4.78 is 0. The van der Waals surface area contributed by atoms with Crippen LogP contribution in [0.3, 0.4) is 0 Å². The maximum atomic E-state index is 4.06. The molecule has 0 N–H and O–H groups in total. The minimum Gasteiger partial charge on any atom is -0.244 e. The van der Waals surface area contributed by atoms with Gasteiger partial charge in [-0.05, 0) is 20.6 Å². The average molecular weight is 191 g/mol. The van der Waals surface area contributed by atoms with Crippen LogP contribution >= 0.6 is 0 Å². The van der Waals surface area contributed by atoms with Crippen LogP contribution in [0, 0.1) is 6.92 Å². The van der Waals surface area contributed by atoms with E-state index < -0.39 is 0 Å². The van der Waals surface area contributed by atoms with Gasteiger partial charge in [0.25, 0.3) is 0 Å². The monoisotopic (exact) mass is 191 g/mol. The molecule has 0 aliphatic heterocycles. The Morgan fingerprint density at radius 2 is 2.00 bits per heavy atom. The molecule has 76 valence electrons. The van der Waals surface area contributed by atoms with Crippen LogP contribution in [-0.4, -0.2) is 16.7 Å². The second-order valence-corrected chi connectivity index (χ2v) is 2.35. The number of aromatic nitrogens is 2. The van der Waals surface area contributed by atoms with Gasteiger partial charge in [0.1, 0.15) is 6.33 Å². The van der Waals surface area contributed by atoms with Gasteiger partial charge in [0.2, 0.25) is 0 Å². The second-order valence-electron chi connectivity index (χ2n) is 2.35. The van der Waals surface area contributed by atoms with Gasteiger partial charge in [0.05, 0.1) is 5.69 Å². The molecule has 0 radical (unpaired) electrons. The van der Waals surface area contributed by atoms with Crippen molar-refractivity contribution in [2.24, 2.45) is 4.99 Å². The SMILES string of the molecule is C=Nc1ncnc(C)c1/C=C\C.CC. The number of nitrogens with zero attached hydrogens (tertiary/aromatic N) is 3. The number of aliphatic imine (C=N–C) groups is 1. The molecule has 1 heterocycles. The molecule has 0 fully saturated rings. The van der Waals surface area contributed by atoms with Gasteiger partial charge in [-0.2, -0.15) is 0 Å². The molecule has 1 rings (SSSR count). The Balaban J connectivity index is 0.000000791. The molecule has 3 nitrogen and oxygen atoms in total. The first-order valence-corrected chi connectivity index (χ1v) is 4.70. The highest BCUT2D eigenvalue weighted by Crippen LogP contribution is 2.18. The average Bonchev–Trinajstić information content (AvgIpc) is 2.24. The molecule has 0 bridgehead atoms. The molecule has 0 saturated heterocycles. The van der Waals surface area contributed by atoms with Crippen LogP contribution in [0.1, 0.15) is 32.0 Å². The Kier molecular flexibility index (Phi) is 6.20. The maximum Gasteiger partial charge on any atom is 0.162 e. The Hall–Kier alpha value is -1.51. The number of allylic oxidation sites excluding steroid dienone is 1. The first-order chi connectivity index (χ1) is 6.79. The van der Waals surface area contributed by atoms with E-state index in [0.717, 1.165) is 11.3 Å². The fraction of sp³-hybridized carbons (Fsp3) is 0.364. The molecule has 0 unspecified atom stereocenters. The zero-order chi connectivity index (χ0) is 11.0. The van der Waals surface area contributed by atoms with E-state index in [-0.39, 0.29) is 0 Å². The highest BCUT2D eigenvalue weighted by Gasteiger charge is 2.01. The molecule has 0 aliphatic carbocycles. The summed E-state index contributed by atoms with van der Waals surface area (Å²) in [5, 5.41) is 0. The van der Waals surface area contributed by atoms with Gasteiger partial charge in [0, 0.05) is 5.56 Å². The van der Waals surface area contributed by atoms with Gasteiger partial charge in [-0.1, -0.05) is 26.0 Å². The van der Waals surface area contributed by atoms with Crippen LogP contribution in [-0.2, 0) is 0 Å². The molecule has 0 aromatic carbocycles. The summed E-state index contributed by atoms with van der Waals surface area (Å²) in [5.41, 5.74) is 1.86. The molecule has 0 saturated carbocycles. The molecule has 0 aliphatic rings. The summed E-state index contributed by atoms with van der Waals surface area (Å²) in [4.78, 5) is 11.8. The van der Waals surface area contributed by atoms with Gasteiger partial charge in [0.15, 0.2) is 5.82 Å². The Morgan fingerprint density at radius 3 is 2.50 bits per heavy atom. The summed E-state index contributed by atoms with van der Waals surface area (Å²) in [5.74, 6) is 0.639. The molecular formula is C11H17N3. The second kappa shape index (κ2) is 6.95. The molecule has 0 amide bonds. The third-order valence-electron chi connectivity index (χ3n) is 1.55. The minimum absolute atomic E-state index is 0.639. The fourth-order valence-electron chi connectivity index (χ4n) is 0.959. The number of hydrogen-bond acceptors (Lipinski definition) is 3. The minimum atomic E-state index is 0.639. The third-order valence-corrected chi connectivity index (χ3v) is 1.55. The van der Waals surface area contributed by atoms with Gasteiger partial charge in [-0.25, -0.2) is 15.0 Å². The predicted molar refractivity (Wildman–Crippen MR) is 62.0 cm³/mol. The van der Waals surface area contributed by atoms with Crippen LogP contribution in [0.4, 0.5) is 5.82 Å². The van der Waals surface area contributed by atoms with Crippen molar-refractivity contribution >= 4 is 18.6 Å². The van der Waals surface area contributed by atoms with Crippen molar-refractivity contribution in [3.8, 4) is 0 Å². The van der Waals surface area contributed by atoms with Crippen LogP contribution < -0.4 is 0 Å². The zero-order valence-electron chi connectivity index (χ0n) is 9.28. The van der Waals surface area contributed by atoms with Crippen molar-refractivity contribution in [1.82, 2.24) is 9.97 Å². The van der Waals surface area contributed by atoms with E-state index in [1.807, 2.05) is 39.8 Å². The lowest BCUT2D eigenvalue weighted by Gasteiger charge is -2.00. The fourth-order valence-corrected chi connectivity index (χ4v) is 0.959. The highest BCUT2D eigenvalue weighted by molar-refractivity contribution is 5.63. The maximum absolute atomic E-state index is 4.06. The van der Waals surface area contributed by atoms with E-state index in [1.165, 1.54) is 6.33 Å². The molecule has 1 aromatic heterocycles. The normalized spacial score (nSPS) is 9.43. The molecule has 0 atom stereocenters. The molecule has 0 spiro atoms. The van der Waals surface area contributed by atoms with Crippen molar-refractivity contribution in [3.05, 3.63) is 23.7 Å². The van der Waals surface area contributed by atoms with Crippen molar-refractivity contribution in [3.63, 3.8) is 0 Å². The summed E-state index contributed by atoms with van der Waals surface area (Å²) in [6, 6.07) is 0. The molecule has 1 aromatic rings. The van der Waals surface area contributed by atoms with E-state index in [4.69, 9.17) is 0 Å².